The molecule has 0 saturated carbocycles. The van der Waals surface area contributed by atoms with Gasteiger partial charge in [0.25, 0.3) is 0 Å². The van der Waals surface area contributed by atoms with Crippen LogP contribution in [-0.2, 0) is 0 Å². The molecule has 0 amide bonds. The van der Waals surface area contributed by atoms with Crippen molar-refractivity contribution in [2.24, 2.45) is 5.41 Å². The topological polar surface area (TPSA) is 20.2 Å². The molecule has 0 aromatic carbocycles. The quantitative estimate of drug-likeness (QED) is 0.551. The Morgan fingerprint density at radius 3 is 2.20 bits per heavy atom. The molecule has 0 aromatic rings. The van der Waals surface area contributed by atoms with Crippen molar-refractivity contribution in [3.8, 4) is 11.8 Å². The highest BCUT2D eigenvalue weighted by atomic mass is 16.3. The molecule has 0 aromatic heterocycles. The van der Waals surface area contributed by atoms with E-state index in [0.717, 1.165) is 0 Å². The highest BCUT2D eigenvalue weighted by Gasteiger charge is 2.03. The van der Waals surface area contributed by atoms with Gasteiger partial charge in [0.2, 0.25) is 0 Å². The molecule has 1 heteroatoms. The van der Waals surface area contributed by atoms with Crippen molar-refractivity contribution in [1.29, 1.82) is 0 Å². The standard InChI is InChI=1S/C9H16O/c1-5-8(10)6-7-9(2,3)4/h8,10H,5H2,1-4H3. The van der Waals surface area contributed by atoms with Gasteiger partial charge in [-0.15, -0.1) is 0 Å². The molecule has 0 aliphatic heterocycles. The Balaban J connectivity index is 3.91. The van der Waals surface area contributed by atoms with E-state index < -0.39 is 6.10 Å². The van der Waals surface area contributed by atoms with Crippen molar-refractivity contribution in [2.75, 3.05) is 0 Å². The lowest BCUT2D eigenvalue weighted by atomic mass is 9.97. The second kappa shape index (κ2) is 3.63. The molecule has 1 unspecified atom stereocenters. The number of hydrogen-bond acceptors (Lipinski definition) is 1. The van der Waals surface area contributed by atoms with Gasteiger partial charge in [-0.05, 0) is 27.2 Å². The Bertz CT molecular complexity index is 142. The van der Waals surface area contributed by atoms with Crippen LogP contribution < -0.4 is 0 Å². The van der Waals surface area contributed by atoms with Crippen LogP contribution >= 0.6 is 0 Å². The molecule has 0 saturated heterocycles. The van der Waals surface area contributed by atoms with Gasteiger partial charge in [0.1, 0.15) is 6.10 Å². The summed E-state index contributed by atoms with van der Waals surface area (Å²) in [4.78, 5) is 0. The first-order valence-electron chi connectivity index (χ1n) is 3.66. The summed E-state index contributed by atoms with van der Waals surface area (Å²) in [7, 11) is 0. The molecule has 1 nitrogen and oxygen atoms in total. The second-order valence-corrected chi connectivity index (χ2v) is 3.44. The first-order valence-corrected chi connectivity index (χ1v) is 3.66. The number of aliphatic hydroxyl groups excluding tert-OH is 1. The Morgan fingerprint density at radius 2 is 1.90 bits per heavy atom. The van der Waals surface area contributed by atoms with Gasteiger partial charge in [-0.3, -0.25) is 0 Å². The van der Waals surface area contributed by atoms with Gasteiger partial charge in [-0.25, -0.2) is 0 Å². The third-order valence-electron chi connectivity index (χ3n) is 1.00. The number of rotatable bonds is 1. The summed E-state index contributed by atoms with van der Waals surface area (Å²) in [6.45, 7) is 8.01. The van der Waals surface area contributed by atoms with Crippen LogP contribution in [0, 0.1) is 17.3 Å². The average molecular weight is 140 g/mol. The van der Waals surface area contributed by atoms with Crippen LogP contribution in [0.1, 0.15) is 34.1 Å². The normalized spacial score (nSPS) is 13.7. The lowest BCUT2D eigenvalue weighted by molar-refractivity contribution is 0.228. The van der Waals surface area contributed by atoms with Crippen molar-refractivity contribution in [1.82, 2.24) is 0 Å². The summed E-state index contributed by atoms with van der Waals surface area (Å²) in [6, 6.07) is 0. The van der Waals surface area contributed by atoms with E-state index in [-0.39, 0.29) is 5.41 Å². The van der Waals surface area contributed by atoms with E-state index in [4.69, 9.17) is 5.11 Å². The van der Waals surface area contributed by atoms with Gasteiger partial charge in [-0.2, -0.15) is 0 Å². The fourth-order valence-electron chi connectivity index (χ4n) is 0.402. The van der Waals surface area contributed by atoms with E-state index in [2.05, 4.69) is 11.8 Å². The van der Waals surface area contributed by atoms with E-state index in [1.165, 1.54) is 0 Å². The van der Waals surface area contributed by atoms with Gasteiger partial charge in [-0.1, -0.05) is 18.8 Å². The predicted octanol–water partition coefficient (Wildman–Crippen LogP) is 1.81. The largest absolute Gasteiger partial charge is 0.380 e. The van der Waals surface area contributed by atoms with Crippen LogP contribution in [0.5, 0.6) is 0 Å². The minimum atomic E-state index is -0.445. The third-order valence-corrected chi connectivity index (χ3v) is 1.00. The zero-order valence-electron chi connectivity index (χ0n) is 7.23. The molecule has 0 rings (SSSR count). The zero-order valence-corrected chi connectivity index (χ0v) is 7.23. The van der Waals surface area contributed by atoms with Gasteiger partial charge in [0.05, 0.1) is 0 Å². The predicted molar refractivity (Wildman–Crippen MR) is 43.5 cm³/mol. The zero-order chi connectivity index (χ0) is 8.20. The Hall–Kier alpha value is -0.480. The van der Waals surface area contributed by atoms with E-state index in [0.29, 0.717) is 6.42 Å². The van der Waals surface area contributed by atoms with Gasteiger partial charge in [0.15, 0.2) is 0 Å². The van der Waals surface area contributed by atoms with Crippen molar-refractivity contribution < 1.29 is 5.11 Å². The summed E-state index contributed by atoms with van der Waals surface area (Å²) >= 11 is 0. The molecule has 10 heavy (non-hydrogen) atoms. The maximum Gasteiger partial charge on any atom is 0.114 e. The van der Waals surface area contributed by atoms with Crippen molar-refractivity contribution in [3.63, 3.8) is 0 Å². The maximum absolute atomic E-state index is 9.05. The Kier molecular flexibility index (Phi) is 3.46. The highest BCUT2D eigenvalue weighted by molar-refractivity contribution is 5.10. The summed E-state index contributed by atoms with van der Waals surface area (Å²) in [5.41, 5.74) is 0.0101. The Labute approximate surface area is 63.5 Å². The molecule has 1 atom stereocenters. The van der Waals surface area contributed by atoms with Crippen LogP contribution in [-0.4, -0.2) is 11.2 Å². The summed E-state index contributed by atoms with van der Waals surface area (Å²) in [5, 5.41) is 9.05. The average Bonchev–Trinajstić information content (AvgIpc) is 1.81. The lowest BCUT2D eigenvalue weighted by Gasteiger charge is -2.07. The molecule has 0 heterocycles. The van der Waals surface area contributed by atoms with Crippen LogP contribution in [0.15, 0.2) is 0 Å². The second-order valence-electron chi connectivity index (χ2n) is 3.44. The Morgan fingerprint density at radius 1 is 1.40 bits per heavy atom. The molecule has 0 aliphatic rings. The molecule has 0 bridgehead atoms. The van der Waals surface area contributed by atoms with Gasteiger partial charge < -0.3 is 5.11 Å². The molecule has 58 valence electrons. The van der Waals surface area contributed by atoms with Crippen molar-refractivity contribution >= 4 is 0 Å². The molecule has 0 fully saturated rings. The minimum Gasteiger partial charge on any atom is -0.380 e. The van der Waals surface area contributed by atoms with Gasteiger partial charge >= 0.3 is 0 Å². The smallest absolute Gasteiger partial charge is 0.114 e. The fourth-order valence-corrected chi connectivity index (χ4v) is 0.402. The first kappa shape index (κ1) is 9.52. The number of hydrogen-bond donors (Lipinski definition) is 1. The van der Waals surface area contributed by atoms with E-state index in [9.17, 15) is 0 Å². The summed E-state index contributed by atoms with van der Waals surface area (Å²) < 4.78 is 0. The molecular formula is C9H16O. The highest BCUT2D eigenvalue weighted by Crippen LogP contribution is 2.09. The third kappa shape index (κ3) is 5.65. The number of aliphatic hydroxyl groups is 1. The summed E-state index contributed by atoms with van der Waals surface area (Å²) in [5.74, 6) is 5.75. The van der Waals surface area contributed by atoms with Crippen LogP contribution in [0.4, 0.5) is 0 Å². The van der Waals surface area contributed by atoms with Crippen molar-refractivity contribution in [3.05, 3.63) is 0 Å². The lowest BCUT2D eigenvalue weighted by Crippen LogP contribution is -2.04. The monoisotopic (exact) mass is 140 g/mol. The van der Waals surface area contributed by atoms with E-state index in [1.807, 2.05) is 27.7 Å². The van der Waals surface area contributed by atoms with Gasteiger partial charge in [0, 0.05) is 5.41 Å². The first-order chi connectivity index (χ1) is 4.45. The van der Waals surface area contributed by atoms with E-state index in [1.54, 1.807) is 0 Å². The molecule has 0 radical (unpaired) electrons. The van der Waals surface area contributed by atoms with Crippen molar-refractivity contribution in [2.45, 2.75) is 40.2 Å². The van der Waals surface area contributed by atoms with E-state index >= 15 is 0 Å². The molecule has 0 aliphatic carbocycles. The maximum atomic E-state index is 9.05. The van der Waals surface area contributed by atoms with Crippen LogP contribution in [0.3, 0.4) is 0 Å². The SMILES string of the molecule is CCC(O)C#CC(C)(C)C. The molecule has 0 spiro atoms. The minimum absolute atomic E-state index is 0.0101. The van der Waals surface area contributed by atoms with Crippen LogP contribution in [0.2, 0.25) is 0 Å². The molecule has 1 N–H and O–H groups in total. The van der Waals surface area contributed by atoms with Crippen LogP contribution in [0.25, 0.3) is 0 Å². The fraction of sp³-hybridized carbons (Fsp3) is 0.778. The molecular weight excluding hydrogens is 124 g/mol. The summed E-state index contributed by atoms with van der Waals surface area (Å²) in [6.07, 6.45) is 0.266.